The molecule has 0 spiro atoms. The van der Waals surface area contributed by atoms with Crippen molar-refractivity contribution >= 4 is 11.6 Å². The summed E-state index contributed by atoms with van der Waals surface area (Å²) < 4.78 is 0. The van der Waals surface area contributed by atoms with Gasteiger partial charge < -0.3 is 9.80 Å². The number of hydrogen-bond acceptors (Lipinski definition) is 5. The van der Waals surface area contributed by atoms with Crippen LogP contribution in [0, 0.1) is 11.3 Å². The van der Waals surface area contributed by atoms with E-state index in [0.29, 0.717) is 18.8 Å². The van der Waals surface area contributed by atoms with Gasteiger partial charge in [0.05, 0.1) is 24.7 Å². The van der Waals surface area contributed by atoms with Gasteiger partial charge in [-0.1, -0.05) is 6.07 Å². The third kappa shape index (κ3) is 4.51. The van der Waals surface area contributed by atoms with E-state index >= 15 is 0 Å². The smallest absolute Gasteiger partial charge is 0.272 e. The standard InChI is InChI=1S/C17H19N5O/c1-21(2)15-7-10-20-16(12-15)17(23)22(11-5-8-18)13-14-6-3-4-9-19-14/h3-4,6-7,9-10,12H,5,11,13H2,1-2H3. The largest absolute Gasteiger partial charge is 0.378 e. The molecule has 0 unspecified atom stereocenters. The summed E-state index contributed by atoms with van der Waals surface area (Å²) in [7, 11) is 3.82. The van der Waals surface area contributed by atoms with Gasteiger partial charge in [0.25, 0.3) is 5.91 Å². The number of carbonyl (C=O) groups excluding carboxylic acids is 1. The van der Waals surface area contributed by atoms with Crippen molar-refractivity contribution < 1.29 is 4.79 Å². The predicted molar refractivity (Wildman–Crippen MR) is 87.8 cm³/mol. The van der Waals surface area contributed by atoms with Gasteiger partial charge in [-0.15, -0.1) is 0 Å². The Balaban J connectivity index is 2.22. The zero-order chi connectivity index (χ0) is 16.7. The van der Waals surface area contributed by atoms with E-state index in [1.165, 1.54) is 0 Å². The second kappa shape index (κ2) is 7.90. The average Bonchev–Trinajstić information content (AvgIpc) is 2.59. The van der Waals surface area contributed by atoms with Gasteiger partial charge in [-0.3, -0.25) is 14.8 Å². The topological polar surface area (TPSA) is 73.1 Å². The molecule has 2 aromatic heterocycles. The molecule has 6 nitrogen and oxygen atoms in total. The second-order valence-electron chi connectivity index (χ2n) is 5.25. The first-order valence-corrected chi connectivity index (χ1v) is 7.31. The SMILES string of the molecule is CN(C)c1ccnc(C(=O)N(CCC#N)Cc2ccccn2)c1. The van der Waals surface area contributed by atoms with Gasteiger partial charge >= 0.3 is 0 Å². The van der Waals surface area contributed by atoms with Gasteiger partial charge in [0, 0.05) is 38.7 Å². The number of amides is 1. The molecule has 0 fully saturated rings. The zero-order valence-corrected chi connectivity index (χ0v) is 13.3. The zero-order valence-electron chi connectivity index (χ0n) is 13.3. The molecule has 0 radical (unpaired) electrons. The molecule has 2 aromatic rings. The maximum atomic E-state index is 12.7. The third-order valence-corrected chi connectivity index (χ3v) is 3.34. The Morgan fingerprint density at radius 2 is 2.04 bits per heavy atom. The molecular weight excluding hydrogens is 290 g/mol. The van der Waals surface area contributed by atoms with Crippen molar-refractivity contribution in [3.8, 4) is 6.07 Å². The molecule has 0 saturated carbocycles. The molecule has 0 aliphatic carbocycles. The van der Waals surface area contributed by atoms with Gasteiger partial charge in [-0.2, -0.15) is 5.26 Å². The van der Waals surface area contributed by atoms with Crippen LogP contribution < -0.4 is 4.90 Å². The molecule has 6 heteroatoms. The van der Waals surface area contributed by atoms with E-state index in [-0.39, 0.29) is 12.3 Å². The lowest BCUT2D eigenvalue weighted by Gasteiger charge is -2.21. The fourth-order valence-corrected chi connectivity index (χ4v) is 2.10. The Kier molecular flexibility index (Phi) is 5.64. The van der Waals surface area contributed by atoms with Gasteiger partial charge in [0.1, 0.15) is 5.69 Å². The monoisotopic (exact) mass is 309 g/mol. The number of carbonyl (C=O) groups is 1. The van der Waals surface area contributed by atoms with Crippen molar-refractivity contribution in [1.29, 1.82) is 5.26 Å². The van der Waals surface area contributed by atoms with E-state index in [2.05, 4.69) is 16.0 Å². The van der Waals surface area contributed by atoms with E-state index in [0.717, 1.165) is 11.4 Å². The molecular formula is C17H19N5O. The summed E-state index contributed by atoms with van der Waals surface area (Å²) in [6.45, 7) is 0.703. The normalized spacial score (nSPS) is 9.96. The van der Waals surface area contributed by atoms with Gasteiger partial charge in [-0.05, 0) is 24.3 Å². The second-order valence-corrected chi connectivity index (χ2v) is 5.25. The van der Waals surface area contributed by atoms with Crippen LogP contribution in [-0.4, -0.2) is 41.4 Å². The van der Waals surface area contributed by atoms with E-state index < -0.39 is 0 Å². The highest BCUT2D eigenvalue weighted by atomic mass is 16.2. The predicted octanol–water partition coefficient (Wildman–Crippen LogP) is 2.10. The van der Waals surface area contributed by atoms with Gasteiger partial charge in [0.15, 0.2) is 0 Å². The minimum Gasteiger partial charge on any atom is -0.378 e. The molecule has 118 valence electrons. The van der Waals surface area contributed by atoms with Crippen LogP contribution in [0.5, 0.6) is 0 Å². The van der Waals surface area contributed by atoms with Crippen LogP contribution in [0.25, 0.3) is 0 Å². The van der Waals surface area contributed by atoms with E-state index in [1.54, 1.807) is 23.4 Å². The van der Waals surface area contributed by atoms with Crippen molar-refractivity contribution in [2.75, 3.05) is 25.5 Å². The number of anilines is 1. The maximum absolute atomic E-state index is 12.7. The average molecular weight is 309 g/mol. The quantitative estimate of drug-likeness (QED) is 0.817. The van der Waals surface area contributed by atoms with Crippen molar-refractivity contribution in [2.24, 2.45) is 0 Å². The minimum atomic E-state index is -0.199. The van der Waals surface area contributed by atoms with Crippen LogP contribution in [0.1, 0.15) is 22.6 Å². The summed E-state index contributed by atoms with van der Waals surface area (Å²) in [6.07, 6.45) is 3.57. The van der Waals surface area contributed by atoms with Crippen LogP contribution in [0.15, 0.2) is 42.7 Å². The Morgan fingerprint density at radius 3 is 2.70 bits per heavy atom. The lowest BCUT2D eigenvalue weighted by atomic mass is 10.2. The summed E-state index contributed by atoms with van der Waals surface area (Å²) in [5.41, 5.74) is 2.05. The van der Waals surface area contributed by atoms with Crippen molar-refractivity contribution in [3.05, 3.63) is 54.1 Å². The summed E-state index contributed by atoms with van der Waals surface area (Å²) >= 11 is 0. The number of pyridine rings is 2. The molecule has 0 saturated heterocycles. The molecule has 2 rings (SSSR count). The molecule has 2 heterocycles. The Bertz CT molecular complexity index is 694. The van der Waals surface area contributed by atoms with E-state index in [9.17, 15) is 4.79 Å². The number of nitriles is 1. The molecule has 0 atom stereocenters. The van der Waals surface area contributed by atoms with Gasteiger partial charge in [0.2, 0.25) is 0 Å². The molecule has 0 aliphatic heterocycles. The number of hydrogen-bond donors (Lipinski definition) is 0. The van der Waals surface area contributed by atoms with Gasteiger partial charge in [-0.25, -0.2) is 0 Å². The van der Waals surface area contributed by atoms with Crippen LogP contribution >= 0.6 is 0 Å². The first kappa shape index (κ1) is 16.4. The van der Waals surface area contributed by atoms with Crippen LogP contribution in [0.2, 0.25) is 0 Å². The Hall–Kier alpha value is -2.94. The van der Waals surface area contributed by atoms with E-state index in [1.807, 2.05) is 43.3 Å². The fourth-order valence-electron chi connectivity index (χ4n) is 2.10. The summed E-state index contributed by atoms with van der Waals surface area (Å²) in [4.78, 5) is 24.7. The highest BCUT2D eigenvalue weighted by molar-refractivity contribution is 5.93. The molecule has 0 aromatic carbocycles. The summed E-state index contributed by atoms with van der Waals surface area (Å²) in [5, 5.41) is 8.82. The molecule has 23 heavy (non-hydrogen) atoms. The van der Waals surface area contributed by atoms with Crippen molar-refractivity contribution in [2.45, 2.75) is 13.0 Å². The fraction of sp³-hybridized carbons (Fsp3) is 0.294. The first-order chi connectivity index (χ1) is 11.1. The third-order valence-electron chi connectivity index (χ3n) is 3.34. The number of aromatic nitrogens is 2. The van der Waals surface area contributed by atoms with Crippen LogP contribution in [0.3, 0.4) is 0 Å². The lowest BCUT2D eigenvalue weighted by Crippen LogP contribution is -2.32. The van der Waals surface area contributed by atoms with Crippen molar-refractivity contribution in [3.63, 3.8) is 0 Å². The molecule has 0 aliphatic rings. The van der Waals surface area contributed by atoms with E-state index in [4.69, 9.17) is 5.26 Å². The Labute approximate surface area is 136 Å². The highest BCUT2D eigenvalue weighted by Gasteiger charge is 2.18. The molecule has 0 bridgehead atoms. The molecule has 1 amide bonds. The highest BCUT2D eigenvalue weighted by Crippen LogP contribution is 2.14. The minimum absolute atomic E-state index is 0.199. The summed E-state index contributed by atoms with van der Waals surface area (Å²) in [6, 6.07) is 11.2. The molecule has 0 N–H and O–H groups in total. The van der Waals surface area contributed by atoms with Crippen molar-refractivity contribution in [1.82, 2.24) is 14.9 Å². The Morgan fingerprint density at radius 1 is 1.22 bits per heavy atom. The maximum Gasteiger partial charge on any atom is 0.272 e. The van der Waals surface area contributed by atoms with Crippen LogP contribution in [0.4, 0.5) is 5.69 Å². The number of rotatable bonds is 6. The van der Waals surface area contributed by atoms with Crippen LogP contribution in [-0.2, 0) is 6.54 Å². The summed E-state index contributed by atoms with van der Waals surface area (Å²) in [5.74, 6) is -0.199. The number of nitrogens with zero attached hydrogens (tertiary/aromatic N) is 5. The lowest BCUT2D eigenvalue weighted by molar-refractivity contribution is 0.0739. The first-order valence-electron chi connectivity index (χ1n) is 7.31.